The lowest BCUT2D eigenvalue weighted by Gasteiger charge is -2.18. The molecule has 2 aromatic rings. The van der Waals surface area contributed by atoms with E-state index in [1.807, 2.05) is 24.3 Å². The molecule has 0 bridgehead atoms. The van der Waals surface area contributed by atoms with Gasteiger partial charge in [0.1, 0.15) is 0 Å². The van der Waals surface area contributed by atoms with E-state index < -0.39 is 26.4 Å². The lowest BCUT2D eigenvalue weighted by Crippen LogP contribution is -2.37. The van der Waals surface area contributed by atoms with E-state index >= 15 is 0 Å². The number of esters is 1. The molecule has 4 nitrogen and oxygen atoms in total. The number of hydrogen-bond acceptors (Lipinski definition) is 4. The third kappa shape index (κ3) is 3.36. The van der Waals surface area contributed by atoms with Crippen LogP contribution >= 0.6 is 11.6 Å². The van der Waals surface area contributed by atoms with Crippen LogP contribution in [0.3, 0.4) is 0 Å². The Kier molecular flexibility index (Phi) is 4.25. The molecule has 112 valence electrons. The molecule has 0 amide bonds. The molecule has 0 spiro atoms. The Morgan fingerprint density at radius 3 is 2.43 bits per heavy atom. The van der Waals surface area contributed by atoms with Gasteiger partial charge in [-0.25, -0.2) is 8.42 Å². The maximum absolute atomic E-state index is 12.4. The summed E-state index contributed by atoms with van der Waals surface area (Å²) >= 11 is 5.99. The Hall–Kier alpha value is -1.59. The highest BCUT2D eigenvalue weighted by molar-refractivity contribution is 7.91. The van der Waals surface area contributed by atoms with Gasteiger partial charge in [-0.15, -0.1) is 11.6 Å². The summed E-state index contributed by atoms with van der Waals surface area (Å²) in [6.07, 6.45) is 0. The number of carbonyl (C=O) groups excluding carboxylic acids is 1. The fourth-order valence-electron chi connectivity index (χ4n) is 2.07. The largest absolute Gasteiger partial charge is 0.468 e. The van der Waals surface area contributed by atoms with E-state index in [4.69, 9.17) is 11.6 Å². The summed E-state index contributed by atoms with van der Waals surface area (Å²) in [4.78, 5) is 10.1. The second kappa shape index (κ2) is 5.66. The zero-order valence-electron chi connectivity index (χ0n) is 11.7. The van der Waals surface area contributed by atoms with Crippen LogP contribution in [0.25, 0.3) is 10.8 Å². The summed E-state index contributed by atoms with van der Waals surface area (Å²) in [6, 6.07) is 12.3. The number of fused-ring (bicyclic) bond motifs is 1. The summed E-state index contributed by atoms with van der Waals surface area (Å²) in [7, 11) is -2.53. The monoisotopic (exact) mass is 326 g/mol. The summed E-state index contributed by atoms with van der Waals surface area (Å²) in [5.41, 5.74) is 0. The van der Waals surface area contributed by atoms with E-state index in [2.05, 4.69) is 4.74 Å². The Morgan fingerprint density at radius 1 is 1.19 bits per heavy atom. The van der Waals surface area contributed by atoms with E-state index in [9.17, 15) is 13.2 Å². The molecule has 0 N–H and O–H groups in total. The van der Waals surface area contributed by atoms with E-state index in [1.54, 1.807) is 12.1 Å². The minimum Gasteiger partial charge on any atom is -0.468 e. The highest BCUT2D eigenvalue weighted by Gasteiger charge is 2.37. The number of alkyl halides is 1. The van der Waals surface area contributed by atoms with Crippen molar-refractivity contribution in [1.82, 2.24) is 0 Å². The Balaban J connectivity index is 2.40. The highest BCUT2D eigenvalue weighted by atomic mass is 35.5. The molecule has 0 fully saturated rings. The van der Waals surface area contributed by atoms with Crippen LogP contribution < -0.4 is 0 Å². The van der Waals surface area contributed by atoms with Gasteiger partial charge in [0.25, 0.3) is 0 Å². The van der Waals surface area contributed by atoms with Crippen LogP contribution in [0.15, 0.2) is 47.4 Å². The smallest absolute Gasteiger partial charge is 0.327 e. The Labute approximate surface area is 128 Å². The van der Waals surface area contributed by atoms with Gasteiger partial charge >= 0.3 is 5.97 Å². The van der Waals surface area contributed by atoms with E-state index in [0.717, 1.165) is 10.8 Å². The second-order valence-corrected chi connectivity index (χ2v) is 7.78. The van der Waals surface area contributed by atoms with Crippen LogP contribution in [-0.2, 0) is 19.4 Å². The molecule has 2 rings (SSSR count). The summed E-state index contributed by atoms with van der Waals surface area (Å²) in [5.74, 6) is -1.29. The average Bonchev–Trinajstić information content (AvgIpc) is 2.44. The van der Waals surface area contributed by atoms with Crippen molar-refractivity contribution in [1.29, 1.82) is 0 Å². The molecule has 0 saturated carbocycles. The van der Waals surface area contributed by atoms with Crippen molar-refractivity contribution in [3.8, 4) is 0 Å². The van der Waals surface area contributed by atoms with Gasteiger partial charge < -0.3 is 4.74 Å². The van der Waals surface area contributed by atoms with Crippen LogP contribution in [0.5, 0.6) is 0 Å². The lowest BCUT2D eigenvalue weighted by atomic mass is 10.1. The number of halogens is 1. The van der Waals surface area contributed by atoms with Crippen molar-refractivity contribution in [2.75, 3.05) is 12.9 Å². The summed E-state index contributed by atoms with van der Waals surface area (Å²) < 4.78 is 29.4. The minimum absolute atomic E-state index is 0.136. The number of benzene rings is 2. The number of methoxy groups -OCH3 is 1. The number of rotatable bonds is 4. The van der Waals surface area contributed by atoms with Crippen LogP contribution in [0, 0.1) is 0 Å². The van der Waals surface area contributed by atoms with Gasteiger partial charge in [0.2, 0.25) is 0 Å². The van der Waals surface area contributed by atoms with Crippen LogP contribution in [0.4, 0.5) is 0 Å². The molecule has 0 unspecified atom stereocenters. The standard InChI is InChI=1S/C15H15ClO4S/c1-15(16,14(17)20-2)10-21(18,19)13-8-7-11-5-3-4-6-12(11)9-13/h3-9H,10H2,1-2H3/t15-/m1/s1. The van der Waals surface area contributed by atoms with Gasteiger partial charge in [-0.1, -0.05) is 30.3 Å². The molecular weight excluding hydrogens is 312 g/mol. The first-order valence-corrected chi connectivity index (χ1v) is 8.28. The Bertz CT molecular complexity index is 781. The maximum atomic E-state index is 12.4. The predicted octanol–water partition coefficient (Wildman–Crippen LogP) is 2.78. The third-order valence-corrected chi connectivity index (χ3v) is 5.53. The molecule has 1 atom stereocenters. The predicted molar refractivity (Wildman–Crippen MR) is 82.3 cm³/mol. The zero-order chi connectivity index (χ0) is 15.7. The zero-order valence-corrected chi connectivity index (χ0v) is 13.2. The molecule has 0 heterocycles. The van der Waals surface area contributed by atoms with Crippen molar-refractivity contribution in [3.63, 3.8) is 0 Å². The van der Waals surface area contributed by atoms with Gasteiger partial charge in [0, 0.05) is 0 Å². The molecule has 0 aliphatic carbocycles. The Morgan fingerprint density at radius 2 is 1.81 bits per heavy atom. The van der Waals surface area contributed by atoms with Crippen molar-refractivity contribution in [2.45, 2.75) is 16.7 Å². The van der Waals surface area contributed by atoms with Gasteiger partial charge in [-0.05, 0) is 29.8 Å². The fraction of sp³-hybridized carbons (Fsp3) is 0.267. The van der Waals surface area contributed by atoms with Crippen molar-refractivity contribution in [3.05, 3.63) is 42.5 Å². The van der Waals surface area contributed by atoms with E-state index in [0.29, 0.717) is 0 Å². The molecule has 0 aliphatic heterocycles. The first-order chi connectivity index (χ1) is 9.76. The lowest BCUT2D eigenvalue weighted by molar-refractivity contribution is -0.142. The minimum atomic E-state index is -3.70. The van der Waals surface area contributed by atoms with Crippen molar-refractivity contribution >= 4 is 38.2 Å². The molecule has 0 aliphatic rings. The van der Waals surface area contributed by atoms with Gasteiger partial charge in [0.05, 0.1) is 17.8 Å². The topological polar surface area (TPSA) is 60.4 Å². The molecule has 0 saturated heterocycles. The maximum Gasteiger partial charge on any atom is 0.327 e. The van der Waals surface area contributed by atoms with Gasteiger partial charge in [0.15, 0.2) is 14.7 Å². The number of carbonyl (C=O) groups is 1. The van der Waals surface area contributed by atoms with E-state index in [-0.39, 0.29) is 4.90 Å². The molecular formula is C15H15ClO4S. The molecule has 0 radical (unpaired) electrons. The first-order valence-electron chi connectivity index (χ1n) is 6.25. The number of sulfone groups is 1. The quantitative estimate of drug-likeness (QED) is 0.640. The van der Waals surface area contributed by atoms with Gasteiger partial charge in [-0.2, -0.15) is 0 Å². The van der Waals surface area contributed by atoms with Crippen molar-refractivity contribution < 1.29 is 17.9 Å². The highest BCUT2D eigenvalue weighted by Crippen LogP contribution is 2.25. The summed E-state index contributed by atoms with van der Waals surface area (Å²) in [5, 5.41) is 1.76. The molecule has 2 aromatic carbocycles. The number of ether oxygens (including phenoxy) is 1. The van der Waals surface area contributed by atoms with E-state index in [1.165, 1.54) is 20.1 Å². The first kappa shape index (κ1) is 15.8. The summed E-state index contributed by atoms with van der Waals surface area (Å²) in [6.45, 7) is 1.33. The second-order valence-electron chi connectivity index (χ2n) is 4.96. The normalized spacial score (nSPS) is 14.6. The fourth-order valence-corrected chi connectivity index (χ4v) is 4.16. The number of hydrogen-bond donors (Lipinski definition) is 0. The van der Waals surface area contributed by atoms with Crippen LogP contribution in [0.1, 0.15) is 6.92 Å². The molecule has 0 aromatic heterocycles. The molecule has 21 heavy (non-hydrogen) atoms. The van der Waals surface area contributed by atoms with Crippen LogP contribution in [0.2, 0.25) is 0 Å². The molecule has 6 heteroatoms. The van der Waals surface area contributed by atoms with Gasteiger partial charge in [-0.3, -0.25) is 4.79 Å². The SMILES string of the molecule is COC(=O)[C@](C)(Cl)CS(=O)(=O)c1ccc2ccccc2c1. The average molecular weight is 327 g/mol. The third-order valence-electron chi connectivity index (χ3n) is 3.15. The van der Waals surface area contributed by atoms with Crippen molar-refractivity contribution in [2.24, 2.45) is 0 Å². The van der Waals surface area contributed by atoms with Crippen LogP contribution in [-0.4, -0.2) is 32.1 Å².